The number of fused-ring (bicyclic) bond motifs is 2. The van der Waals surface area contributed by atoms with Crippen molar-refractivity contribution in [2.75, 3.05) is 27.2 Å². The predicted molar refractivity (Wildman–Crippen MR) is 140 cm³/mol. The third kappa shape index (κ3) is 4.09. The third-order valence-electron chi connectivity index (χ3n) is 6.17. The van der Waals surface area contributed by atoms with E-state index in [0.717, 1.165) is 68.1 Å². The van der Waals surface area contributed by atoms with Crippen LogP contribution >= 0.6 is 0 Å². The average Bonchev–Trinajstić information content (AvgIpc) is 3.61. The van der Waals surface area contributed by atoms with Gasteiger partial charge in [-0.25, -0.2) is 9.97 Å². The fourth-order valence-corrected chi connectivity index (χ4v) is 4.32. The molecule has 0 amide bonds. The molecule has 0 aliphatic carbocycles. The second-order valence-electron chi connectivity index (χ2n) is 9.09. The highest BCUT2D eigenvalue weighted by Crippen LogP contribution is 2.33. The summed E-state index contributed by atoms with van der Waals surface area (Å²) >= 11 is 0. The van der Waals surface area contributed by atoms with Crippen LogP contribution in [0.15, 0.2) is 67.5 Å². The lowest BCUT2D eigenvalue weighted by molar-refractivity contribution is 0.261. The van der Waals surface area contributed by atoms with Crippen LogP contribution in [-0.4, -0.2) is 66.8 Å². The molecule has 5 heterocycles. The number of benzene rings is 1. The molecule has 36 heavy (non-hydrogen) atoms. The summed E-state index contributed by atoms with van der Waals surface area (Å²) < 4.78 is 7.90. The molecule has 0 aliphatic rings. The van der Waals surface area contributed by atoms with Gasteiger partial charge in [-0.3, -0.25) is 10.1 Å². The Bertz CT molecular complexity index is 1680. The van der Waals surface area contributed by atoms with Crippen LogP contribution in [-0.2, 0) is 0 Å². The van der Waals surface area contributed by atoms with E-state index >= 15 is 0 Å². The van der Waals surface area contributed by atoms with Crippen molar-refractivity contribution in [3.63, 3.8) is 0 Å². The zero-order chi connectivity index (χ0) is 24.6. The molecule has 0 unspecified atom stereocenters. The molecule has 6 aromatic rings. The van der Waals surface area contributed by atoms with Crippen LogP contribution in [0.3, 0.4) is 0 Å². The molecule has 0 saturated carbocycles. The van der Waals surface area contributed by atoms with Gasteiger partial charge < -0.3 is 19.2 Å². The molecular weight excluding hydrogens is 452 g/mol. The van der Waals surface area contributed by atoms with Gasteiger partial charge in [0.05, 0.1) is 35.1 Å². The van der Waals surface area contributed by atoms with Crippen molar-refractivity contribution in [3.8, 4) is 34.0 Å². The molecule has 0 fully saturated rings. The highest BCUT2D eigenvalue weighted by atomic mass is 16.5. The van der Waals surface area contributed by atoms with Crippen molar-refractivity contribution in [2.45, 2.75) is 6.92 Å². The van der Waals surface area contributed by atoms with E-state index in [4.69, 9.17) is 4.74 Å². The molecule has 0 radical (unpaired) electrons. The smallest absolute Gasteiger partial charge is 0.139 e. The summed E-state index contributed by atoms with van der Waals surface area (Å²) in [6.45, 7) is 3.43. The van der Waals surface area contributed by atoms with Crippen LogP contribution in [0.1, 0.15) is 5.69 Å². The molecular formula is C27H26N8O. The van der Waals surface area contributed by atoms with Crippen molar-refractivity contribution in [2.24, 2.45) is 0 Å². The lowest BCUT2D eigenvalue weighted by atomic mass is 10.0. The minimum atomic E-state index is 0.609. The minimum absolute atomic E-state index is 0.609. The van der Waals surface area contributed by atoms with Gasteiger partial charge in [-0.05, 0) is 56.9 Å². The first kappa shape index (κ1) is 22.0. The molecule has 1 aromatic carbocycles. The first-order valence-corrected chi connectivity index (χ1v) is 11.8. The maximum absolute atomic E-state index is 5.89. The van der Waals surface area contributed by atoms with Crippen molar-refractivity contribution in [3.05, 3.63) is 73.2 Å². The fraction of sp³-hybridized carbons (Fsp3) is 0.185. The number of hydrogen-bond donors (Lipinski definition) is 2. The van der Waals surface area contributed by atoms with E-state index in [1.54, 1.807) is 12.4 Å². The summed E-state index contributed by atoms with van der Waals surface area (Å²) in [5, 5.41) is 9.80. The van der Waals surface area contributed by atoms with Gasteiger partial charge in [-0.2, -0.15) is 5.10 Å². The Balaban J connectivity index is 1.37. The van der Waals surface area contributed by atoms with E-state index in [9.17, 15) is 0 Å². The third-order valence-corrected chi connectivity index (χ3v) is 6.17. The summed E-state index contributed by atoms with van der Waals surface area (Å²) in [4.78, 5) is 18.8. The maximum atomic E-state index is 5.89. The number of H-pyrrole nitrogens is 2. The topological polar surface area (TPSA) is 101 Å². The zero-order valence-corrected chi connectivity index (χ0v) is 20.4. The van der Waals surface area contributed by atoms with Gasteiger partial charge in [-0.1, -0.05) is 6.07 Å². The number of aromatic nitrogens is 7. The lowest BCUT2D eigenvalue weighted by Gasteiger charge is -2.11. The van der Waals surface area contributed by atoms with E-state index in [1.165, 1.54) is 0 Å². The Morgan fingerprint density at radius 1 is 1.00 bits per heavy atom. The highest BCUT2D eigenvalue weighted by Gasteiger charge is 2.15. The van der Waals surface area contributed by atoms with Gasteiger partial charge in [0.25, 0.3) is 0 Å². The Morgan fingerprint density at radius 3 is 2.75 bits per heavy atom. The lowest BCUT2D eigenvalue weighted by Crippen LogP contribution is -2.19. The van der Waals surface area contributed by atoms with Crippen molar-refractivity contribution >= 4 is 21.9 Å². The highest BCUT2D eigenvalue weighted by molar-refractivity contribution is 5.98. The molecule has 0 bridgehead atoms. The molecule has 2 N–H and O–H groups in total. The molecule has 9 nitrogen and oxygen atoms in total. The number of imidazole rings is 1. The second kappa shape index (κ2) is 8.94. The number of aromatic amines is 2. The Kier molecular flexibility index (Phi) is 5.46. The standard InChI is InChI=1S/C27H26N8O/c1-17-15-35(16-30-17)25-6-7-29-27-22(25)12-24(31-27)26-21-11-18(4-5-23(21)32-33-26)19-10-20(14-28-13-19)36-9-8-34(2)3/h4-7,10-16H,8-9H2,1-3H3,(H,29,31)(H,32,33). The summed E-state index contributed by atoms with van der Waals surface area (Å²) in [6, 6.07) is 12.3. The fourth-order valence-electron chi connectivity index (χ4n) is 4.32. The van der Waals surface area contributed by atoms with Crippen molar-refractivity contribution < 1.29 is 4.74 Å². The number of likely N-dealkylation sites (N-methyl/N-ethyl adjacent to an activating group) is 1. The van der Waals surface area contributed by atoms with Crippen molar-refractivity contribution in [1.82, 2.24) is 39.6 Å². The number of hydrogen-bond acceptors (Lipinski definition) is 6. The average molecular weight is 479 g/mol. The SMILES string of the molecule is Cc1cn(-c2ccnc3[nH]c(-c4n[nH]c5ccc(-c6cncc(OCCN(C)C)c6)cc45)cc23)cn1. The molecule has 0 atom stereocenters. The summed E-state index contributed by atoms with van der Waals surface area (Å²) in [5.74, 6) is 0.755. The van der Waals surface area contributed by atoms with Crippen LogP contribution in [0.4, 0.5) is 0 Å². The molecule has 9 heteroatoms. The summed E-state index contributed by atoms with van der Waals surface area (Å²) in [5.41, 5.74) is 7.49. The largest absolute Gasteiger partial charge is 0.491 e. The predicted octanol–water partition coefficient (Wildman–Crippen LogP) is 4.60. The zero-order valence-electron chi connectivity index (χ0n) is 20.4. The summed E-state index contributed by atoms with van der Waals surface area (Å²) in [6.07, 6.45) is 9.22. The number of nitrogens with zero attached hydrogens (tertiary/aromatic N) is 6. The van der Waals surface area contributed by atoms with E-state index in [0.29, 0.717) is 6.61 Å². The summed E-state index contributed by atoms with van der Waals surface area (Å²) in [7, 11) is 4.05. The van der Waals surface area contributed by atoms with Crippen LogP contribution in [0.25, 0.3) is 50.1 Å². The number of pyridine rings is 2. The Morgan fingerprint density at radius 2 is 1.92 bits per heavy atom. The molecule has 180 valence electrons. The van der Waals surface area contributed by atoms with Gasteiger partial charge in [0.1, 0.15) is 23.7 Å². The number of rotatable bonds is 7. The normalized spacial score (nSPS) is 11.7. The molecule has 5 aromatic heterocycles. The maximum Gasteiger partial charge on any atom is 0.139 e. The molecule has 6 rings (SSSR count). The molecule has 0 aliphatic heterocycles. The first-order chi connectivity index (χ1) is 17.5. The van der Waals surface area contributed by atoms with Crippen molar-refractivity contribution in [1.29, 1.82) is 0 Å². The second-order valence-corrected chi connectivity index (χ2v) is 9.09. The first-order valence-electron chi connectivity index (χ1n) is 11.8. The van der Waals surface area contributed by atoms with Crippen LogP contribution in [0, 0.1) is 6.92 Å². The van der Waals surface area contributed by atoms with Crippen LogP contribution in [0.5, 0.6) is 5.75 Å². The van der Waals surface area contributed by atoms with E-state index in [2.05, 4.69) is 53.2 Å². The Labute approximate surface area is 207 Å². The van der Waals surface area contributed by atoms with Crippen LogP contribution < -0.4 is 4.74 Å². The van der Waals surface area contributed by atoms with E-state index < -0.39 is 0 Å². The number of ether oxygens (including phenoxy) is 1. The number of aryl methyl sites for hydroxylation is 1. The Hall–Kier alpha value is -4.50. The molecule has 0 spiro atoms. The minimum Gasteiger partial charge on any atom is -0.491 e. The van der Waals surface area contributed by atoms with Gasteiger partial charge in [0, 0.05) is 41.5 Å². The van der Waals surface area contributed by atoms with E-state index in [-0.39, 0.29) is 0 Å². The quantitative estimate of drug-likeness (QED) is 0.348. The van der Waals surface area contributed by atoms with E-state index in [1.807, 2.05) is 62.5 Å². The van der Waals surface area contributed by atoms with Gasteiger partial charge in [0.15, 0.2) is 0 Å². The van der Waals surface area contributed by atoms with Gasteiger partial charge >= 0.3 is 0 Å². The number of nitrogens with one attached hydrogen (secondary N) is 2. The van der Waals surface area contributed by atoms with Gasteiger partial charge in [0.2, 0.25) is 0 Å². The van der Waals surface area contributed by atoms with Crippen LogP contribution in [0.2, 0.25) is 0 Å². The molecule has 0 saturated heterocycles. The van der Waals surface area contributed by atoms with Gasteiger partial charge in [-0.15, -0.1) is 0 Å². The monoisotopic (exact) mass is 478 g/mol.